The van der Waals surface area contributed by atoms with Crippen molar-refractivity contribution in [2.75, 3.05) is 20.1 Å². The minimum atomic E-state index is 0. The summed E-state index contributed by atoms with van der Waals surface area (Å²) in [7, 11) is 1.88. The van der Waals surface area contributed by atoms with Gasteiger partial charge >= 0.3 is 0 Å². The highest BCUT2D eigenvalue weighted by Crippen LogP contribution is 2.28. The Bertz CT molecular complexity index is 223. The summed E-state index contributed by atoms with van der Waals surface area (Å²) in [5.41, 5.74) is 0. The van der Waals surface area contributed by atoms with Crippen LogP contribution >= 0.6 is 12.4 Å². The third-order valence-corrected chi connectivity index (χ3v) is 3.79. The first-order chi connectivity index (χ1) is 7.65. The van der Waals surface area contributed by atoms with Gasteiger partial charge in [-0.2, -0.15) is 0 Å². The highest BCUT2D eigenvalue weighted by molar-refractivity contribution is 5.85. The van der Waals surface area contributed by atoms with Gasteiger partial charge in [0.15, 0.2) is 0 Å². The second-order valence-corrected chi connectivity index (χ2v) is 5.23. The molecule has 0 heterocycles. The minimum absolute atomic E-state index is 0. The van der Waals surface area contributed by atoms with Crippen LogP contribution in [0.1, 0.15) is 39.5 Å². The van der Waals surface area contributed by atoms with Crippen molar-refractivity contribution in [2.24, 2.45) is 17.8 Å². The van der Waals surface area contributed by atoms with Crippen LogP contribution in [0.3, 0.4) is 0 Å². The zero-order valence-electron chi connectivity index (χ0n) is 11.3. The molecular formula is C13H27ClN2O. The molecule has 1 amide bonds. The van der Waals surface area contributed by atoms with Crippen molar-refractivity contribution in [3.63, 3.8) is 0 Å². The standard InChI is InChI=1S/C13H26N2O.ClH/c1-10-6-4-5-7-12(10)9-15-13(16)11(2)8-14-3;/h10-12,14H,4-9H2,1-3H3,(H,15,16);1H. The van der Waals surface area contributed by atoms with Crippen LogP contribution in [0.2, 0.25) is 0 Å². The Kier molecular flexibility index (Phi) is 8.61. The second kappa shape index (κ2) is 8.76. The smallest absolute Gasteiger partial charge is 0.224 e. The Morgan fingerprint density at radius 1 is 1.35 bits per heavy atom. The zero-order valence-corrected chi connectivity index (χ0v) is 12.1. The molecule has 3 unspecified atom stereocenters. The van der Waals surface area contributed by atoms with Gasteiger partial charge in [-0.05, 0) is 25.3 Å². The number of hydrogen-bond acceptors (Lipinski definition) is 2. The van der Waals surface area contributed by atoms with E-state index >= 15 is 0 Å². The Labute approximate surface area is 112 Å². The third-order valence-electron chi connectivity index (χ3n) is 3.79. The van der Waals surface area contributed by atoms with Gasteiger partial charge in [0.25, 0.3) is 0 Å². The Balaban J connectivity index is 0.00000256. The fourth-order valence-electron chi connectivity index (χ4n) is 2.50. The number of hydrogen-bond donors (Lipinski definition) is 2. The molecule has 0 aromatic rings. The van der Waals surface area contributed by atoms with E-state index < -0.39 is 0 Å². The van der Waals surface area contributed by atoms with E-state index in [0.717, 1.165) is 19.0 Å². The lowest BCUT2D eigenvalue weighted by molar-refractivity contribution is -0.124. The van der Waals surface area contributed by atoms with Crippen molar-refractivity contribution in [3.05, 3.63) is 0 Å². The van der Waals surface area contributed by atoms with Crippen molar-refractivity contribution < 1.29 is 4.79 Å². The summed E-state index contributed by atoms with van der Waals surface area (Å²) in [6, 6.07) is 0. The quantitative estimate of drug-likeness (QED) is 0.798. The van der Waals surface area contributed by atoms with Gasteiger partial charge in [0.2, 0.25) is 5.91 Å². The molecule has 0 bridgehead atoms. The van der Waals surface area contributed by atoms with Crippen LogP contribution in [-0.2, 0) is 4.79 Å². The molecule has 0 aliphatic heterocycles. The zero-order chi connectivity index (χ0) is 12.0. The lowest BCUT2D eigenvalue weighted by Crippen LogP contribution is -2.38. The molecule has 3 nitrogen and oxygen atoms in total. The maximum Gasteiger partial charge on any atom is 0.224 e. The molecule has 0 aromatic heterocycles. The largest absolute Gasteiger partial charge is 0.356 e. The molecule has 1 fully saturated rings. The Hall–Kier alpha value is -0.280. The first kappa shape index (κ1) is 16.7. The lowest BCUT2D eigenvalue weighted by atomic mass is 9.80. The molecule has 102 valence electrons. The summed E-state index contributed by atoms with van der Waals surface area (Å²) < 4.78 is 0. The maximum atomic E-state index is 11.7. The first-order valence-electron chi connectivity index (χ1n) is 6.57. The van der Waals surface area contributed by atoms with E-state index in [4.69, 9.17) is 0 Å². The molecule has 1 aliphatic rings. The molecule has 0 spiro atoms. The van der Waals surface area contributed by atoms with Gasteiger partial charge < -0.3 is 10.6 Å². The van der Waals surface area contributed by atoms with Gasteiger partial charge in [0.05, 0.1) is 0 Å². The maximum absolute atomic E-state index is 11.7. The molecule has 1 aliphatic carbocycles. The predicted octanol–water partition coefficient (Wildman–Crippen LogP) is 2.21. The molecule has 4 heteroatoms. The molecule has 1 rings (SSSR count). The average molecular weight is 263 g/mol. The summed E-state index contributed by atoms with van der Waals surface area (Å²) in [5, 5.41) is 6.12. The monoisotopic (exact) mass is 262 g/mol. The van der Waals surface area contributed by atoms with E-state index in [1.54, 1.807) is 0 Å². The van der Waals surface area contributed by atoms with Gasteiger partial charge in [-0.15, -0.1) is 12.4 Å². The SMILES string of the molecule is CNCC(C)C(=O)NCC1CCCCC1C.Cl. The van der Waals surface area contributed by atoms with E-state index in [1.807, 2.05) is 14.0 Å². The second-order valence-electron chi connectivity index (χ2n) is 5.23. The normalized spacial score (nSPS) is 25.8. The molecular weight excluding hydrogens is 236 g/mol. The minimum Gasteiger partial charge on any atom is -0.356 e. The molecule has 2 N–H and O–H groups in total. The van der Waals surface area contributed by atoms with Gasteiger partial charge in [-0.1, -0.05) is 33.1 Å². The van der Waals surface area contributed by atoms with Crippen LogP contribution in [0.5, 0.6) is 0 Å². The van der Waals surface area contributed by atoms with Crippen LogP contribution in [0.25, 0.3) is 0 Å². The molecule has 0 saturated heterocycles. The van der Waals surface area contributed by atoms with Crippen LogP contribution in [0.4, 0.5) is 0 Å². The van der Waals surface area contributed by atoms with Gasteiger partial charge in [-0.3, -0.25) is 4.79 Å². The van der Waals surface area contributed by atoms with E-state index in [0.29, 0.717) is 5.92 Å². The molecule has 1 saturated carbocycles. The Morgan fingerprint density at radius 3 is 2.59 bits per heavy atom. The number of amides is 1. The van der Waals surface area contributed by atoms with Crippen LogP contribution in [0.15, 0.2) is 0 Å². The Morgan fingerprint density at radius 2 is 2.00 bits per heavy atom. The van der Waals surface area contributed by atoms with Crippen molar-refractivity contribution in [1.29, 1.82) is 0 Å². The summed E-state index contributed by atoms with van der Waals surface area (Å²) in [4.78, 5) is 11.7. The molecule has 17 heavy (non-hydrogen) atoms. The van der Waals surface area contributed by atoms with Crippen molar-refractivity contribution in [2.45, 2.75) is 39.5 Å². The van der Waals surface area contributed by atoms with Gasteiger partial charge in [-0.25, -0.2) is 0 Å². The van der Waals surface area contributed by atoms with Crippen molar-refractivity contribution in [3.8, 4) is 0 Å². The summed E-state index contributed by atoms with van der Waals surface area (Å²) in [6.07, 6.45) is 5.30. The van der Waals surface area contributed by atoms with Gasteiger partial charge in [0.1, 0.15) is 0 Å². The fraction of sp³-hybridized carbons (Fsp3) is 0.923. The third kappa shape index (κ3) is 5.73. The highest BCUT2D eigenvalue weighted by atomic mass is 35.5. The van der Waals surface area contributed by atoms with E-state index in [9.17, 15) is 4.79 Å². The number of nitrogens with one attached hydrogen (secondary N) is 2. The van der Waals surface area contributed by atoms with E-state index in [1.165, 1.54) is 25.7 Å². The predicted molar refractivity (Wildman–Crippen MR) is 74.5 cm³/mol. The van der Waals surface area contributed by atoms with Crippen LogP contribution in [-0.4, -0.2) is 26.0 Å². The van der Waals surface area contributed by atoms with Crippen LogP contribution < -0.4 is 10.6 Å². The van der Waals surface area contributed by atoms with E-state index in [2.05, 4.69) is 17.6 Å². The summed E-state index contributed by atoms with van der Waals surface area (Å²) in [5.74, 6) is 1.73. The van der Waals surface area contributed by atoms with Crippen LogP contribution in [0, 0.1) is 17.8 Å². The molecule has 0 radical (unpaired) electrons. The fourth-order valence-corrected chi connectivity index (χ4v) is 2.50. The van der Waals surface area contributed by atoms with Gasteiger partial charge in [0, 0.05) is 19.0 Å². The number of halogens is 1. The summed E-state index contributed by atoms with van der Waals surface area (Å²) in [6.45, 7) is 5.91. The molecule has 3 atom stereocenters. The van der Waals surface area contributed by atoms with Crippen molar-refractivity contribution in [1.82, 2.24) is 10.6 Å². The number of rotatable bonds is 5. The number of carbonyl (C=O) groups excluding carboxylic acids is 1. The summed E-state index contributed by atoms with van der Waals surface area (Å²) >= 11 is 0. The lowest BCUT2D eigenvalue weighted by Gasteiger charge is -2.29. The first-order valence-corrected chi connectivity index (χ1v) is 6.57. The number of carbonyl (C=O) groups is 1. The van der Waals surface area contributed by atoms with Crippen molar-refractivity contribution >= 4 is 18.3 Å². The molecule has 0 aromatic carbocycles. The van der Waals surface area contributed by atoms with E-state index in [-0.39, 0.29) is 24.2 Å². The highest BCUT2D eigenvalue weighted by Gasteiger charge is 2.22. The topological polar surface area (TPSA) is 41.1 Å². The average Bonchev–Trinajstić information content (AvgIpc) is 2.28.